The summed E-state index contributed by atoms with van der Waals surface area (Å²) in [5, 5.41) is 0. The van der Waals surface area contributed by atoms with Gasteiger partial charge in [0.05, 0.1) is 0 Å². The molecule has 2 aromatic carbocycles. The highest BCUT2D eigenvalue weighted by molar-refractivity contribution is 5.34. The van der Waals surface area contributed by atoms with Gasteiger partial charge in [-0.05, 0) is 42.4 Å². The van der Waals surface area contributed by atoms with E-state index in [1.54, 1.807) is 0 Å². The number of benzene rings is 2. The summed E-state index contributed by atoms with van der Waals surface area (Å²) < 4.78 is 0. The molecule has 1 atom stereocenters. The molecule has 0 radical (unpaired) electrons. The smallest absolute Gasteiger partial charge is 0.0329 e. The zero-order valence-corrected chi connectivity index (χ0v) is 10.8. The fourth-order valence-electron chi connectivity index (χ4n) is 2.91. The molecule has 1 aliphatic carbocycles. The van der Waals surface area contributed by atoms with Crippen molar-refractivity contribution in [2.45, 2.75) is 25.8 Å². The summed E-state index contributed by atoms with van der Waals surface area (Å²) in [6, 6.07) is 17.5. The monoisotopic (exact) mass is 237 g/mol. The summed E-state index contributed by atoms with van der Waals surface area (Å²) >= 11 is 0. The highest BCUT2D eigenvalue weighted by atomic mass is 14.7. The molecule has 18 heavy (non-hydrogen) atoms. The van der Waals surface area contributed by atoms with E-state index in [0.29, 0.717) is 5.92 Å². The molecule has 0 saturated heterocycles. The van der Waals surface area contributed by atoms with E-state index in [1.807, 2.05) is 0 Å². The van der Waals surface area contributed by atoms with Crippen LogP contribution in [0.3, 0.4) is 0 Å². The maximum atomic E-state index is 6.43. The van der Waals surface area contributed by atoms with E-state index in [-0.39, 0.29) is 6.04 Å². The first-order valence-electron chi connectivity index (χ1n) is 6.63. The molecule has 1 unspecified atom stereocenters. The van der Waals surface area contributed by atoms with Gasteiger partial charge in [0.25, 0.3) is 0 Å². The Morgan fingerprint density at radius 3 is 2.06 bits per heavy atom. The lowest BCUT2D eigenvalue weighted by Gasteiger charge is -2.19. The second-order valence-electron chi connectivity index (χ2n) is 5.37. The van der Waals surface area contributed by atoms with Crippen LogP contribution in [0.15, 0.2) is 48.5 Å². The Bertz CT molecular complexity index is 517. The van der Waals surface area contributed by atoms with Gasteiger partial charge in [0.1, 0.15) is 0 Å². The number of rotatable bonds is 2. The number of hydrogen-bond donors (Lipinski definition) is 1. The standard InChI is InChI=1S/C17H19N/c1-12-6-8-13(9-7-12)17(18)16-10-14-4-2-3-5-15(14)11-16/h2-9,16-17H,10-11,18H2,1H3. The third-order valence-corrected chi connectivity index (χ3v) is 4.05. The average Bonchev–Trinajstić information content (AvgIpc) is 2.82. The molecule has 92 valence electrons. The zero-order chi connectivity index (χ0) is 12.5. The van der Waals surface area contributed by atoms with Crippen molar-refractivity contribution in [2.24, 2.45) is 11.7 Å². The highest BCUT2D eigenvalue weighted by Gasteiger charge is 2.26. The Kier molecular flexibility index (Phi) is 2.92. The lowest BCUT2D eigenvalue weighted by atomic mass is 9.91. The predicted molar refractivity (Wildman–Crippen MR) is 75.4 cm³/mol. The third-order valence-electron chi connectivity index (χ3n) is 4.05. The quantitative estimate of drug-likeness (QED) is 0.851. The van der Waals surface area contributed by atoms with Crippen LogP contribution in [0.1, 0.15) is 28.3 Å². The molecule has 1 heteroatoms. The van der Waals surface area contributed by atoms with E-state index in [1.165, 1.54) is 22.3 Å². The van der Waals surface area contributed by atoms with Gasteiger partial charge in [-0.1, -0.05) is 54.1 Å². The molecule has 2 aromatic rings. The van der Waals surface area contributed by atoms with Crippen molar-refractivity contribution in [3.8, 4) is 0 Å². The van der Waals surface area contributed by atoms with E-state index in [0.717, 1.165) is 12.8 Å². The molecule has 3 rings (SSSR count). The van der Waals surface area contributed by atoms with Crippen molar-refractivity contribution in [1.82, 2.24) is 0 Å². The minimum atomic E-state index is 0.151. The third kappa shape index (κ3) is 2.06. The van der Waals surface area contributed by atoms with Crippen LogP contribution < -0.4 is 5.73 Å². The van der Waals surface area contributed by atoms with E-state index >= 15 is 0 Å². The number of nitrogens with two attached hydrogens (primary N) is 1. The van der Waals surface area contributed by atoms with Crippen LogP contribution in [0.5, 0.6) is 0 Å². The first-order chi connectivity index (χ1) is 8.74. The molecule has 0 amide bonds. The normalized spacial score (nSPS) is 16.6. The molecule has 0 aliphatic heterocycles. The van der Waals surface area contributed by atoms with Gasteiger partial charge in [-0.25, -0.2) is 0 Å². The molecular formula is C17H19N. The lowest BCUT2D eigenvalue weighted by Crippen LogP contribution is -2.21. The maximum absolute atomic E-state index is 6.43. The molecule has 1 aliphatic rings. The molecule has 1 nitrogen and oxygen atoms in total. The van der Waals surface area contributed by atoms with Crippen molar-refractivity contribution < 1.29 is 0 Å². The van der Waals surface area contributed by atoms with E-state index < -0.39 is 0 Å². The van der Waals surface area contributed by atoms with Crippen LogP contribution in [0, 0.1) is 12.8 Å². The number of hydrogen-bond acceptors (Lipinski definition) is 1. The lowest BCUT2D eigenvalue weighted by molar-refractivity contribution is 0.453. The average molecular weight is 237 g/mol. The summed E-state index contributed by atoms with van der Waals surface area (Å²) in [5.41, 5.74) is 11.9. The Hall–Kier alpha value is -1.60. The molecule has 0 heterocycles. The van der Waals surface area contributed by atoms with Gasteiger partial charge in [-0.15, -0.1) is 0 Å². The number of aryl methyl sites for hydroxylation is 1. The van der Waals surface area contributed by atoms with Crippen LogP contribution in [-0.4, -0.2) is 0 Å². The van der Waals surface area contributed by atoms with Gasteiger partial charge in [0.15, 0.2) is 0 Å². The first kappa shape index (κ1) is 11.5. The van der Waals surface area contributed by atoms with Gasteiger partial charge in [-0.3, -0.25) is 0 Å². The largest absolute Gasteiger partial charge is 0.324 e. The second kappa shape index (κ2) is 4.58. The Labute approximate surface area is 109 Å². The summed E-state index contributed by atoms with van der Waals surface area (Å²) in [4.78, 5) is 0. The van der Waals surface area contributed by atoms with Crippen LogP contribution >= 0.6 is 0 Å². The summed E-state index contributed by atoms with van der Waals surface area (Å²) in [6.45, 7) is 2.11. The predicted octanol–water partition coefficient (Wildman–Crippen LogP) is 3.41. The van der Waals surface area contributed by atoms with Crippen molar-refractivity contribution in [2.75, 3.05) is 0 Å². The first-order valence-corrected chi connectivity index (χ1v) is 6.63. The molecule has 2 N–H and O–H groups in total. The molecular weight excluding hydrogens is 218 g/mol. The SMILES string of the molecule is Cc1ccc(C(N)C2Cc3ccccc3C2)cc1. The topological polar surface area (TPSA) is 26.0 Å². The molecule has 0 bridgehead atoms. The van der Waals surface area contributed by atoms with Crippen molar-refractivity contribution in [3.05, 3.63) is 70.8 Å². The van der Waals surface area contributed by atoms with Crippen LogP contribution in [-0.2, 0) is 12.8 Å². The molecule has 0 fully saturated rings. The van der Waals surface area contributed by atoms with Crippen molar-refractivity contribution >= 4 is 0 Å². The Morgan fingerprint density at radius 2 is 1.50 bits per heavy atom. The summed E-state index contributed by atoms with van der Waals surface area (Å²) in [6.07, 6.45) is 2.23. The van der Waals surface area contributed by atoms with Crippen LogP contribution in [0.2, 0.25) is 0 Å². The van der Waals surface area contributed by atoms with E-state index in [9.17, 15) is 0 Å². The summed E-state index contributed by atoms with van der Waals surface area (Å²) in [5.74, 6) is 0.546. The minimum Gasteiger partial charge on any atom is -0.324 e. The van der Waals surface area contributed by atoms with Gasteiger partial charge in [0.2, 0.25) is 0 Å². The van der Waals surface area contributed by atoms with Gasteiger partial charge >= 0.3 is 0 Å². The molecule has 0 aromatic heterocycles. The highest BCUT2D eigenvalue weighted by Crippen LogP contribution is 2.33. The van der Waals surface area contributed by atoms with Crippen LogP contribution in [0.4, 0.5) is 0 Å². The number of fused-ring (bicyclic) bond motifs is 1. The van der Waals surface area contributed by atoms with E-state index in [2.05, 4.69) is 55.5 Å². The van der Waals surface area contributed by atoms with Crippen LogP contribution in [0.25, 0.3) is 0 Å². The summed E-state index contributed by atoms with van der Waals surface area (Å²) in [7, 11) is 0. The molecule has 0 saturated carbocycles. The zero-order valence-electron chi connectivity index (χ0n) is 10.8. The molecule has 0 spiro atoms. The van der Waals surface area contributed by atoms with Gasteiger partial charge in [-0.2, -0.15) is 0 Å². The van der Waals surface area contributed by atoms with Crippen molar-refractivity contribution in [1.29, 1.82) is 0 Å². The minimum absolute atomic E-state index is 0.151. The van der Waals surface area contributed by atoms with E-state index in [4.69, 9.17) is 5.73 Å². The fourth-order valence-corrected chi connectivity index (χ4v) is 2.91. The van der Waals surface area contributed by atoms with Gasteiger partial charge in [0, 0.05) is 6.04 Å². The second-order valence-corrected chi connectivity index (χ2v) is 5.37. The maximum Gasteiger partial charge on any atom is 0.0329 e. The Balaban J connectivity index is 1.80. The van der Waals surface area contributed by atoms with Gasteiger partial charge < -0.3 is 5.73 Å². The van der Waals surface area contributed by atoms with Crippen molar-refractivity contribution in [3.63, 3.8) is 0 Å². The Morgan fingerprint density at radius 1 is 0.944 bits per heavy atom. The fraction of sp³-hybridized carbons (Fsp3) is 0.294.